The predicted molar refractivity (Wildman–Crippen MR) is 84.3 cm³/mol. The number of urea groups is 1. The van der Waals surface area contributed by atoms with Crippen molar-refractivity contribution in [2.75, 3.05) is 0 Å². The summed E-state index contributed by atoms with van der Waals surface area (Å²) < 4.78 is 7.45. The number of thiophene rings is 1. The van der Waals surface area contributed by atoms with E-state index in [9.17, 15) is 4.79 Å². The zero-order valence-corrected chi connectivity index (χ0v) is 12.9. The Kier molecular flexibility index (Phi) is 4.24. The standard InChI is InChI=1S/C15H16N4O2S/c1-19-13(6-7-18-19)14-5-4-11(21-14)9-16-15(20)17-10-12-3-2-8-22-12/h2-8H,9-10H2,1H3,(H2,16,17,20). The van der Waals surface area contributed by atoms with E-state index >= 15 is 0 Å². The van der Waals surface area contributed by atoms with Gasteiger partial charge in [-0.05, 0) is 29.6 Å². The number of rotatable bonds is 5. The monoisotopic (exact) mass is 316 g/mol. The third-order valence-corrected chi connectivity index (χ3v) is 4.04. The van der Waals surface area contributed by atoms with Gasteiger partial charge in [0.2, 0.25) is 0 Å². The van der Waals surface area contributed by atoms with Crippen LogP contribution >= 0.6 is 11.3 Å². The summed E-state index contributed by atoms with van der Waals surface area (Å²) >= 11 is 1.61. The number of aryl methyl sites for hydroxylation is 1. The molecule has 2 N–H and O–H groups in total. The Hall–Kier alpha value is -2.54. The Morgan fingerprint density at radius 1 is 1.27 bits per heavy atom. The Morgan fingerprint density at radius 2 is 2.14 bits per heavy atom. The van der Waals surface area contributed by atoms with Crippen LogP contribution in [0.2, 0.25) is 0 Å². The van der Waals surface area contributed by atoms with E-state index < -0.39 is 0 Å². The molecule has 3 rings (SSSR count). The lowest BCUT2D eigenvalue weighted by Crippen LogP contribution is -2.34. The van der Waals surface area contributed by atoms with E-state index in [0.29, 0.717) is 18.8 Å². The fourth-order valence-corrected chi connectivity index (χ4v) is 2.68. The van der Waals surface area contributed by atoms with E-state index in [1.54, 1.807) is 22.2 Å². The van der Waals surface area contributed by atoms with Gasteiger partial charge in [0.15, 0.2) is 5.76 Å². The van der Waals surface area contributed by atoms with Gasteiger partial charge in [-0.25, -0.2) is 4.79 Å². The molecule has 0 unspecified atom stereocenters. The summed E-state index contributed by atoms with van der Waals surface area (Å²) in [4.78, 5) is 12.8. The van der Waals surface area contributed by atoms with Crippen molar-refractivity contribution in [1.29, 1.82) is 0 Å². The van der Waals surface area contributed by atoms with E-state index in [1.165, 1.54) is 0 Å². The van der Waals surface area contributed by atoms with Gasteiger partial charge in [0.1, 0.15) is 11.5 Å². The lowest BCUT2D eigenvalue weighted by molar-refractivity contribution is 0.239. The largest absolute Gasteiger partial charge is 0.458 e. The average molecular weight is 316 g/mol. The second-order valence-electron chi connectivity index (χ2n) is 4.72. The molecule has 0 aliphatic heterocycles. The molecule has 0 radical (unpaired) electrons. The third-order valence-electron chi connectivity index (χ3n) is 3.16. The summed E-state index contributed by atoms with van der Waals surface area (Å²) in [6.07, 6.45) is 1.72. The lowest BCUT2D eigenvalue weighted by atomic mass is 10.3. The van der Waals surface area contributed by atoms with Gasteiger partial charge < -0.3 is 15.1 Å². The van der Waals surface area contributed by atoms with E-state index in [0.717, 1.165) is 16.3 Å². The van der Waals surface area contributed by atoms with Crippen LogP contribution in [0.15, 0.2) is 46.3 Å². The predicted octanol–water partition coefficient (Wildman–Crippen LogP) is 2.74. The van der Waals surface area contributed by atoms with Crippen molar-refractivity contribution in [1.82, 2.24) is 20.4 Å². The molecule has 0 aliphatic carbocycles. The molecule has 0 fully saturated rings. The van der Waals surface area contributed by atoms with Crippen LogP contribution in [0.1, 0.15) is 10.6 Å². The van der Waals surface area contributed by atoms with Crippen molar-refractivity contribution in [3.05, 3.63) is 52.5 Å². The molecule has 6 nitrogen and oxygen atoms in total. The molecule has 0 aliphatic rings. The van der Waals surface area contributed by atoms with E-state index in [2.05, 4.69) is 15.7 Å². The molecule has 0 spiro atoms. The number of carbonyl (C=O) groups excluding carboxylic acids is 1. The van der Waals surface area contributed by atoms with Crippen LogP contribution in [0.25, 0.3) is 11.5 Å². The Balaban J connectivity index is 1.50. The highest BCUT2D eigenvalue weighted by molar-refractivity contribution is 7.09. The summed E-state index contributed by atoms with van der Waals surface area (Å²) in [6.45, 7) is 0.871. The van der Waals surface area contributed by atoms with Gasteiger partial charge in [0.25, 0.3) is 0 Å². The highest BCUT2D eigenvalue weighted by atomic mass is 32.1. The topological polar surface area (TPSA) is 72.1 Å². The molecule has 114 valence electrons. The Morgan fingerprint density at radius 3 is 2.86 bits per heavy atom. The quantitative estimate of drug-likeness (QED) is 0.760. The molecule has 0 saturated carbocycles. The van der Waals surface area contributed by atoms with Crippen molar-refractivity contribution in [2.45, 2.75) is 13.1 Å². The SMILES string of the molecule is Cn1nccc1-c1ccc(CNC(=O)NCc2cccs2)o1. The fraction of sp³-hybridized carbons (Fsp3) is 0.200. The Labute approximate surface area is 131 Å². The molecule has 2 amide bonds. The summed E-state index contributed by atoms with van der Waals surface area (Å²) in [5.74, 6) is 1.43. The maximum atomic E-state index is 11.7. The number of hydrogen-bond donors (Lipinski definition) is 2. The molecular formula is C15H16N4O2S. The van der Waals surface area contributed by atoms with Gasteiger partial charge in [0, 0.05) is 18.1 Å². The molecule has 7 heteroatoms. The van der Waals surface area contributed by atoms with Crippen LogP contribution in [0.5, 0.6) is 0 Å². The number of amides is 2. The highest BCUT2D eigenvalue weighted by Gasteiger charge is 2.09. The zero-order valence-electron chi connectivity index (χ0n) is 12.1. The first-order valence-electron chi connectivity index (χ1n) is 6.83. The van der Waals surface area contributed by atoms with Crippen LogP contribution < -0.4 is 10.6 Å². The van der Waals surface area contributed by atoms with Crippen molar-refractivity contribution in [2.24, 2.45) is 7.05 Å². The van der Waals surface area contributed by atoms with Crippen LogP contribution in [0, 0.1) is 0 Å². The number of aromatic nitrogens is 2. The number of nitrogens with zero attached hydrogens (tertiary/aromatic N) is 2. The minimum Gasteiger partial charge on any atom is -0.458 e. The van der Waals surface area contributed by atoms with Gasteiger partial charge in [0.05, 0.1) is 13.1 Å². The molecule has 0 saturated heterocycles. The number of carbonyl (C=O) groups is 1. The van der Waals surface area contributed by atoms with Gasteiger partial charge in [-0.1, -0.05) is 6.07 Å². The summed E-state index contributed by atoms with van der Waals surface area (Å²) in [6, 6.07) is 9.33. The first-order valence-corrected chi connectivity index (χ1v) is 7.71. The molecule has 3 aromatic heterocycles. The molecule has 3 heterocycles. The average Bonchev–Trinajstić information content (AvgIpc) is 3.24. The highest BCUT2D eigenvalue weighted by Crippen LogP contribution is 2.20. The molecular weight excluding hydrogens is 300 g/mol. The summed E-state index contributed by atoms with van der Waals surface area (Å²) in [7, 11) is 1.85. The first kappa shape index (κ1) is 14.4. The van der Waals surface area contributed by atoms with Crippen molar-refractivity contribution in [3.63, 3.8) is 0 Å². The zero-order chi connectivity index (χ0) is 15.4. The lowest BCUT2D eigenvalue weighted by Gasteiger charge is -2.05. The molecule has 0 atom stereocenters. The molecule has 3 aromatic rings. The fourth-order valence-electron chi connectivity index (χ4n) is 2.04. The van der Waals surface area contributed by atoms with Crippen molar-refractivity contribution < 1.29 is 9.21 Å². The van der Waals surface area contributed by atoms with E-state index in [-0.39, 0.29) is 6.03 Å². The summed E-state index contributed by atoms with van der Waals surface area (Å²) in [5.41, 5.74) is 0.897. The molecule has 0 bridgehead atoms. The van der Waals surface area contributed by atoms with Crippen LogP contribution in [0.4, 0.5) is 4.79 Å². The molecule has 22 heavy (non-hydrogen) atoms. The van der Waals surface area contributed by atoms with Gasteiger partial charge in [-0.3, -0.25) is 4.68 Å². The van der Waals surface area contributed by atoms with Crippen LogP contribution in [-0.4, -0.2) is 15.8 Å². The maximum Gasteiger partial charge on any atom is 0.315 e. The van der Waals surface area contributed by atoms with Gasteiger partial charge in [-0.15, -0.1) is 11.3 Å². The third kappa shape index (κ3) is 3.37. The Bertz CT molecular complexity index is 745. The van der Waals surface area contributed by atoms with E-state index in [4.69, 9.17) is 4.42 Å². The van der Waals surface area contributed by atoms with Crippen molar-refractivity contribution >= 4 is 17.4 Å². The second kappa shape index (κ2) is 6.48. The maximum absolute atomic E-state index is 11.7. The number of hydrogen-bond acceptors (Lipinski definition) is 4. The van der Waals surface area contributed by atoms with Gasteiger partial charge in [-0.2, -0.15) is 5.10 Å². The minimum absolute atomic E-state index is 0.216. The van der Waals surface area contributed by atoms with Crippen LogP contribution in [-0.2, 0) is 20.1 Å². The number of nitrogens with one attached hydrogen (secondary N) is 2. The summed E-state index contributed by atoms with van der Waals surface area (Å²) in [5, 5.41) is 11.7. The first-order chi connectivity index (χ1) is 10.7. The molecule has 0 aromatic carbocycles. The van der Waals surface area contributed by atoms with Crippen LogP contribution in [0.3, 0.4) is 0 Å². The second-order valence-corrected chi connectivity index (χ2v) is 5.75. The van der Waals surface area contributed by atoms with E-state index in [1.807, 2.05) is 42.8 Å². The minimum atomic E-state index is -0.216. The number of furan rings is 1. The normalized spacial score (nSPS) is 10.6. The van der Waals surface area contributed by atoms with Gasteiger partial charge >= 0.3 is 6.03 Å². The van der Waals surface area contributed by atoms with Crippen molar-refractivity contribution in [3.8, 4) is 11.5 Å². The smallest absolute Gasteiger partial charge is 0.315 e.